The summed E-state index contributed by atoms with van der Waals surface area (Å²) < 4.78 is 180. The Bertz CT molecular complexity index is 2310. The van der Waals surface area contributed by atoms with E-state index in [2.05, 4.69) is 10.6 Å². The van der Waals surface area contributed by atoms with Gasteiger partial charge in [-0.15, -0.1) is 0 Å². The summed E-state index contributed by atoms with van der Waals surface area (Å²) in [6.07, 6.45) is -18.5. The number of amides is 2. The predicted molar refractivity (Wildman–Crippen MR) is 213 cm³/mol. The first-order chi connectivity index (χ1) is 30.1. The highest BCUT2D eigenvalue weighted by atomic mass is 19.4. The summed E-state index contributed by atoms with van der Waals surface area (Å²) in [6, 6.07) is 15.0. The van der Waals surface area contributed by atoms with Crippen molar-refractivity contribution < 1.29 is 71.4 Å². The van der Waals surface area contributed by atoms with Crippen LogP contribution >= 0.6 is 0 Å². The van der Waals surface area contributed by atoms with Crippen LogP contribution in [0.15, 0.2) is 78.9 Å². The number of ether oxygens (including phenoxy) is 1. The number of benzene rings is 4. The molecule has 0 saturated carbocycles. The Labute approximate surface area is 365 Å². The van der Waals surface area contributed by atoms with E-state index in [1.54, 1.807) is 37.4 Å². The fourth-order valence-corrected chi connectivity index (χ4v) is 8.48. The molecule has 0 aliphatic carbocycles. The molecule has 2 unspecified atom stereocenters. The van der Waals surface area contributed by atoms with Crippen LogP contribution in [0.4, 0.5) is 57.1 Å². The van der Waals surface area contributed by atoms with Crippen molar-refractivity contribution in [2.24, 2.45) is 0 Å². The molecule has 0 bridgehead atoms. The van der Waals surface area contributed by atoms with Gasteiger partial charge in [-0.3, -0.25) is 9.59 Å². The summed E-state index contributed by atoms with van der Waals surface area (Å²) in [5.41, 5.74) is -9.39. The number of carbonyl (C=O) groups is 2. The summed E-state index contributed by atoms with van der Waals surface area (Å²) in [4.78, 5) is 30.3. The summed E-state index contributed by atoms with van der Waals surface area (Å²) in [7, 11) is 4.49. The van der Waals surface area contributed by atoms with E-state index in [4.69, 9.17) is 4.74 Å². The number of likely N-dealkylation sites (tertiary alicyclic amines) is 2. The molecule has 20 heteroatoms. The van der Waals surface area contributed by atoms with Crippen LogP contribution in [-0.2, 0) is 42.2 Å². The number of methoxy groups -OCH3 is 1. The van der Waals surface area contributed by atoms with Gasteiger partial charge in [-0.25, -0.2) is 4.39 Å². The van der Waals surface area contributed by atoms with E-state index < -0.39 is 92.5 Å². The molecule has 2 atom stereocenters. The molecule has 2 saturated heterocycles. The zero-order valence-electron chi connectivity index (χ0n) is 35.4. The van der Waals surface area contributed by atoms with Gasteiger partial charge >= 0.3 is 24.7 Å². The van der Waals surface area contributed by atoms with Crippen LogP contribution < -0.4 is 15.4 Å². The lowest BCUT2D eigenvalue weighted by Crippen LogP contribution is -2.55. The third-order valence-electron chi connectivity index (χ3n) is 11.4. The monoisotopic (exact) mass is 936 g/mol. The zero-order valence-corrected chi connectivity index (χ0v) is 35.4. The SMILES string of the molecule is CCc1cc(C(F)(F)F)cc(C(F)(F)F)c1C(=O)NC1(c2ccccc2)CCCN(C)C1.COc1cc(C(F)(F)F)cc(C(F)(F)F)c1C(=O)NC1(c2ccc(F)cc2)CCCN(C)C1. The highest BCUT2D eigenvalue weighted by Gasteiger charge is 2.46. The Morgan fingerprint density at radius 2 is 1.05 bits per heavy atom. The molecule has 2 aliphatic heterocycles. The molecule has 65 heavy (non-hydrogen) atoms. The van der Waals surface area contributed by atoms with Crippen LogP contribution in [0.25, 0.3) is 0 Å². The molecule has 0 aromatic heterocycles. The fourth-order valence-electron chi connectivity index (χ4n) is 8.48. The molecule has 7 nitrogen and oxygen atoms in total. The standard InChI is InChI=1S/C23H24F6N2O.C22H21F7N2O2/c1-3-15-12-17(22(24,25)26)13-18(23(27,28)29)19(15)20(32)30-21(10-7-11-31(2)14-21)16-8-5-4-6-9-16;1-31-9-3-8-20(12-31,13-4-6-15(23)7-5-13)30-19(32)18-16(22(27,28)29)10-14(21(24,25)26)11-17(18)33-2/h4-6,8-9,12-13H,3,7,10-11,14H2,1-2H3,(H,30,32);4-7,10-11H,3,8-9,12H2,1-2H3,(H,30,32). The van der Waals surface area contributed by atoms with E-state index in [9.17, 15) is 66.7 Å². The minimum absolute atomic E-state index is 0.0241. The molecular weight excluding hydrogens is 891 g/mol. The third kappa shape index (κ3) is 11.7. The van der Waals surface area contributed by atoms with Gasteiger partial charge in [0.2, 0.25) is 0 Å². The second-order valence-corrected chi connectivity index (χ2v) is 16.1. The largest absolute Gasteiger partial charge is 0.496 e. The molecule has 2 aliphatic rings. The van der Waals surface area contributed by atoms with Crippen molar-refractivity contribution in [1.82, 2.24) is 20.4 Å². The number of rotatable bonds is 8. The Kier molecular flexibility index (Phi) is 15.0. The van der Waals surface area contributed by atoms with Gasteiger partial charge in [0.25, 0.3) is 11.8 Å². The maximum absolute atomic E-state index is 13.8. The molecular formula is C45H45F13N4O3. The van der Waals surface area contributed by atoms with Gasteiger partial charge in [0.1, 0.15) is 11.6 Å². The lowest BCUT2D eigenvalue weighted by atomic mass is 9.81. The zero-order chi connectivity index (χ0) is 48.3. The Balaban J connectivity index is 0.000000244. The molecule has 4 aromatic rings. The van der Waals surface area contributed by atoms with Crippen LogP contribution in [0, 0.1) is 5.82 Å². The second kappa shape index (κ2) is 19.2. The average molecular weight is 937 g/mol. The van der Waals surface area contributed by atoms with Crippen molar-refractivity contribution in [3.63, 3.8) is 0 Å². The van der Waals surface area contributed by atoms with Crippen molar-refractivity contribution in [2.75, 3.05) is 47.4 Å². The number of hydrogen-bond acceptors (Lipinski definition) is 5. The van der Waals surface area contributed by atoms with Crippen LogP contribution in [0.3, 0.4) is 0 Å². The molecule has 2 fully saturated rings. The minimum Gasteiger partial charge on any atom is -0.496 e. The summed E-state index contributed by atoms with van der Waals surface area (Å²) >= 11 is 0. The molecule has 2 amide bonds. The lowest BCUT2D eigenvalue weighted by Gasteiger charge is -2.43. The number of aryl methyl sites for hydroxylation is 1. The predicted octanol–water partition coefficient (Wildman–Crippen LogP) is 10.9. The Morgan fingerprint density at radius 3 is 1.46 bits per heavy atom. The van der Waals surface area contributed by atoms with Crippen molar-refractivity contribution in [3.05, 3.63) is 135 Å². The first-order valence-electron chi connectivity index (χ1n) is 20.2. The summed E-state index contributed by atoms with van der Waals surface area (Å²) in [5, 5.41) is 5.37. The number of piperidine rings is 2. The highest BCUT2D eigenvalue weighted by molar-refractivity contribution is 6.00. The fraction of sp³-hybridized carbons (Fsp3) is 0.422. The molecule has 4 aromatic carbocycles. The number of nitrogens with zero attached hydrogens (tertiary/aromatic N) is 2. The number of hydrogen-bond donors (Lipinski definition) is 2. The number of carbonyl (C=O) groups excluding carboxylic acids is 2. The van der Waals surface area contributed by atoms with Gasteiger partial charge in [-0.1, -0.05) is 49.4 Å². The topological polar surface area (TPSA) is 73.9 Å². The van der Waals surface area contributed by atoms with E-state index >= 15 is 0 Å². The Hall–Kier alpha value is -5.37. The van der Waals surface area contributed by atoms with Crippen molar-refractivity contribution in [2.45, 2.75) is 74.8 Å². The van der Waals surface area contributed by atoms with E-state index in [1.807, 2.05) is 16.8 Å². The van der Waals surface area contributed by atoms with E-state index in [1.165, 1.54) is 19.1 Å². The summed E-state index contributed by atoms with van der Waals surface area (Å²) in [5.74, 6) is -3.66. The third-order valence-corrected chi connectivity index (χ3v) is 11.4. The van der Waals surface area contributed by atoms with Gasteiger partial charge in [0, 0.05) is 13.1 Å². The van der Waals surface area contributed by atoms with Crippen LogP contribution in [0.1, 0.15) is 92.3 Å². The van der Waals surface area contributed by atoms with Crippen molar-refractivity contribution in [3.8, 4) is 5.75 Å². The van der Waals surface area contributed by atoms with Crippen molar-refractivity contribution in [1.29, 1.82) is 0 Å². The van der Waals surface area contributed by atoms with Crippen LogP contribution in [0.5, 0.6) is 5.75 Å². The van der Waals surface area contributed by atoms with Crippen LogP contribution in [-0.4, -0.2) is 69.0 Å². The van der Waals surface area contributed by atoms with Gasteiger partial charge in [0.05, 0.1) is 51.6 Å². The first kappa shape index (κ1) is 50.6. The molecule has 0 radical (unpaired) electrons. The molecule has 6 rings (SSSR count). The first-order valence-corrected chi connectivity index (χ1v) is 20.2. The van der Waals surface area contributed by atoms with Gasteiger partial charge in [-0.2, -0.15) is 52.7 Å². The number of alkyl halides is 12. The normalized spacial score (nSPS) is 20.1. The van der Waals surface area contributed by atoms with E-state index in [-0.39, 0.29) is 30.7 Å². The smallest absolute Gasteiger partial charge is 0.417 e. The molecule has 354 valence electrons. The van der Waals surface area contributed by atoms with Gasteiger partial charge in [-0.05, 0) is 112 Å². The quantitative estimate of drug-likeness (QED) is 0.172. The number of nitrogens with one attached hydrogen (secondary N) is 2. The maximum atomic E-state index is 13.8. The number of likely N-dealkylation sites (N-methyl/N-ethyl adjacent to an activating group) is 2. The van der Waals surface area contributed by atoms with E-state index in [0.717, 1.165) is 31.4 Å². The summed E-state index contributed by atoms with van der Waals surface area (Å²) in [6.45, 7) is 3.42. The molecule has 2 N–H and O–H groups in total. The van der Waals surface area contributed by atoms with Gasteiger partial charge < -0.3 is 25.2 Å². The average Bonchev–Trinajstić information content (AvgIpc) is 3.22. The van der Waals surface area contributed by atoms with Gasteiger partial charge in [0.15, 0.2) is 0 Å². The second-order valence-electron chi connectivity index (χ2n) is 16.1. The lowest BCUT2D eigenvalue weighted by molar-refractivity contribution is -0.145. The molecule has 0 spiro atoms. The Morgan fingerprint density at radius 1 is 0.615 bits per heavy atom. The van der Waals surface area contributed by atoms with Crippen molar-refractivity contribution >= 4 is 11.8 Å². The highest BCUT2D eigenvalue weighted by Crippen LogP contribution is 2.43. The number of halogens is 13. The van der Waals surface area contributed by atoms with E-state index in [0.29, 0.717) is 56.5 Å². The molecule has 2 heterocycles. The maximum Gasteiger partial charge on any atom is 0.417 e. The minimum atomic E-state index is -5.26. The van der Waals surface area contributed by atoms with Crippen LogP contribution in [0.2, 0.25) is 0 Å².